The molecule has 4 aromatic carbocycles. The Labute approximate surface area is 421 Å². The Morgan fingerprint density at radius 1 is 0.589 bits per heavy atom. The van der Waals surface area contributed by atoms with Crippen LogP contribution >= 0.6 is 11.6 Å². The van der Waals surface area contributed by atoms with Gasteiger partial charge in [-0.15, -0.1) is 5.11 Å². The van der Waals surface area contributed by atoms with E-state index in [0.29, 0.717) is 24.3 Å². The minimum absolute atomic E-state index is 0. The first-order valence-electron chi connectivity index (χ1n) is 13.0. The molecular formula is C25H12ClCuN7Na4O14S4. The molecule has 0 spiro atoms. The molecular weight excluding hydrogens is 942 g/mol. The molecule has 0 bridgehead atoms. The molecule has 31 heteroatoms. The van der Waals surface area contributed by atoms with Crippen LogP contribution in [-0.2, 0) is 57.5 Å². The number of anilines is 4. The van der Waals surface area contributed by atoms with Gasteiger partial charge in [-0.25, -0.2) is 33.7 Å². The van der Waals surface area contributed by atoms with E-state index < -0.39 is 111 Å². The number of aromatic nitrogens is 3. The van der Waals surface area contributed by atoms with Gasteiger partial charge in [-0.05, 0) is 65.5 Å². The van der Waals surface area contributed by atoms with Crippen LogP contribution in [0.15, 0.2) is 90.5 Å². The Balaban J connectivity index is 0.00000605. The maximum atomic E-state index is 13.4. The second kappa shape index (κ2) is 21.3. The molecule has 2 N–H and O–H groups in total. The van der Waals surface area contributed by atoms with E-state index in [2.05, 4.69) is 35.8 Å². The van der Waals surface area contributed by atoms with Crippen molar-refractivity contribution in [3.63, 3.8) is 0 Å². The Morgan fingerprint density at radius 2 is 1.12 bits per heavy atom. The van der Waals surface area contributed by atoms with Gasteiger partial charge in [-0.3, -0.25) is 0 Å². The second-order valence-electron chi connectivity index (χ2n) is 9.76. The zero-order chi connectivity index (χ0) is 37.7. The fraction of sp³-hybridized carbons (Fsp3) is 0. The van der Waals surface area contributed by atoms with Gasteiger partial charge in [0.25, 0.3) is 0 Å². The molecule has 0 aliphatic rings. The van der Waals surface area contributed by atoms with E-state index in [0.717, 1.165) is 24.3 Å². The van der Waals surface area contributed by atoms with Crippen molar-refractivity contribution in [3.05, 3.63) is 65.9 Å². The van der Waals surface area contributed by atoms with Crippen LogP contribution in [0.3, 0.4) is 0 Å². The van der Waals surface area contributed by atoms with Crippen LogP contribution in [0.5, 0.6) is 11.5 Å². The van der Waals surface area contributed by atoms with E-state index in [1.165, 1.54) is 12.1 Å². The molecule has 1 aromatic heterocycles. The van der Waals surface area contributed by atoms with Crippen molar-refractivity contribution in [2.24, 2.45) is 10.2 Å². The molecule has 21 nitrogen and oxygen atoms in total. The van der Waals surface area contributed by atoms with Gasteiger partial charge >= 0.3 is 135 Å². The van der Waals surface area contributed by atoms with Crippen LogP contribution in [-0.4, -0.2) is 66.8 Å². The minimum Gasteiger partial charge on any atom is -0.871 e. The summed E-state index contributed by atoms with van der Waals surface area (Å²) in [4.78, 5) is 7.22. The molecule has 0 aliphatic heterocycles. The van der Waals surface area contributed by atoms with E-state index in [-0.39, 0.29) is 147 Å². The second-order valence-corrected chi connectivity index (χ2v) is 15.5. The zero-order valence-electron chi connectivity index (χ0n) is 28.5. The molecule has 1 radical (unpaired) electrons. The molecule has 0 saturated heterocycles. The predicted octanol–water partition coefficient (Wildman–Crippen LogP) is -10.6. The third-order valence-electron chi connectivity index (χ3n) is 6.41. The van der Waals surface area contributed by atoms with Crippen LogP contribution < -0.4 is 139 Å². The number of hydrogen-bond donors (Lipinski definition) is 2. The van der Waals surface area contributed by atoms with E-state index in [4.69, 9.17) is 11.6 Å². The summed E-state index contributed by atoms with van der Waals surface area (Å²) >= 11 is 5.95. The van der Waals surface area contributed by atoms with Crippen LogP contribution in [0.25, 0.3) is 10.8 Å². The molecule has 0 fully saturated rings. The van der Waals surface area contributed by atoms with Gasteiger partial charge in [0.1, 0.15) is 40.5 Å². The van der Waals surface area contributed by atoms with Crippen LogP contribution in [0.4, 0.5) is 34.6 Å². The van der Waals surface area contributed by atoms with E-state index >= 15 is 0 Å². The number of azo groups is 1. The van der Waals surface area contributed by atoms with E-state index in [1.807, 2.05) is 0 Å². The van der Waals surface area contributed by atoms with Crippen molar-refractivity contribution in [2.75, 3.05) is 10.6 Å². The van der Waals surface area contributed by atoms with Gasteiger partial charge in [-0.2, -0.15) is 20.1 Å². The molecule has 0 saturated carbocycles. The molecule has 277 valence electrons. The molecule has 1 heterocycles. The van der Waals surface area contributed by atoms with Crippen molar-refractivity contribution >= 4 is 97.5 Å². The number of hydrogen-bond acceptors (Lipinski definition) is 21. The van der Waals surface area contributed by atoms with Crippen LogP contribution in [0, 0.1) is 0 Å². The summed E-state index contributed by atoms with van der Waals surface area (Å²) in [6.07, 6.45) is 0. The molecule has 0 unspecified atom stereocenters. The van der Waals surface area contributed by atoms with Crippen LogP contribution in [0.2, 0.25) is 5.28 Å². The van der Waals surface area contributed by atoms with Gasteiger partial charge in [-0.1, -0.05) is 23.6 Å². The molecule has 5 rings (SSSR count). The first-order valence-corrected chi connectivity index (χ1v) is 19.0. The number of nitrogens with one attached hydrogen (secondary N) is 2. The third-order valence-corrected chi connectivity index (χ3v) is 10.1. The minimum atomic E-state index is -5.73. The standard InChI is InChI=1S/C25H18ClN7O14S4.Cu.4Na/c26-23-29-24(27-11-1-3-12(4-2-11)48(36,37)38)31-25(30-23)28-16-7-6-14-15(22(16)51(45,46)47)10-19(50(42,43)44)20(21(14)35)33-32-17-9-13(49(39,40)41)5-8-18(17)34;;;;;/h1-10,34-35H,(H,36,37,38)(H,39,40,41)(H,42,43,44)(H,45,46,47)(H2,27,28,29,30,31);;;;;/q;+2;4*+1/p-6. The van der Waals surface area contributed by atoms with Crippen molar-refractivity contribution in [2.45, 2.75) is 19.6 Å². The summed E-state index contributed by atoms with van der Waals surface area (Å²) < 4.78 is 142. The molecule has 5 aromatic rings. The van der Waals surface area contributed by atoms with Gasteiger partial charge in [0, 0.05) is 11.1 Å². The monoisotopic (exact) mass is 952 g/mol. The number of nitrogens with zero attached hydrogens (tertiary/aromatic N) is 5. The van der Waals surface area contributed by atoms with Crippen molar-refractivity contribution in [1.29, 1.82) is 0 Å². The summed E-state index contributed by atoms with van der Waals surface area (Å²) in [5.41, 5.74) is -2.64. The molecule has 56 heavy (non-hydrogen) atoms. The number of halogens is 1. The summed E-state index contributed by atoms with van der Waals surface area (Å²) in [7, 11) is -21.3. The van der Waals surface area contributed by atoms with Crippen molar-refractivity contribution in [1.82, 2.24) is 15.0 Å². The van der Waals surface area contributed by atoms with Crippen molar-refractivity contribution < 1.29 is 197 Å². The van der Waals surface area contributed by atoms with Gasteiger partial charge in [0.2, 0.25) is 17.2 Å². The fourth-order valence-corrected chi connectivity index (χ4v) is 6.86. The third kappa shape index (κ3) is 13.5. The number of benzene rings is 4. The zero-order valence-corrected chi connectivity index (χ0v) is 41.5. The summed E-state index contributed by atoms with van der Waals surface area (Å²) in [5.74, 6) is -3.39. The Morgan fingerprint density at radius 3 is 1.64 bits per heavy atom. The SMILES string of the molecule is O=S(=O)([O-])c1ccc(Nc2nc(Cl)nc(Nc3ccc4c([O-])c(N=Nc5cc(S(=O)(=O)[O-])ccc5[O-])c(S(=O)(=O)[O-])cc4c3S(=O)(=O)[O-])n2)cc1.[Cu+2].[Na+].[Na+].[Na+].[Na+]. The first-order chi connectivity index (χ1) is 23.5. The average molecular weight is 954 g/mol. The predicted molar refractivity (Wildman–Crippen MR) is 163 cm³/mol. The summed E-state index contributed by atoms with van der Waals surface area (Å²) in [6.45, 7) is 0. The fourth-order valence-electron chi connectivity index (χ4n) is 4.28. The van der Waals surface area contributed by atoms with E-state index in [1.54, 1.807) is 0 Å². The van der Waals surface area contributed by atoms with Crippen molar-refractivity contribution in [3.8, 4) is 11.5 Å². The Hall–Kier alpha value is -0.601. The number of rotatable bonds is 10. The largest absolute Gasteiger partial charge is 2.00 e. The Bertz CT molecular complexity index is 2760. The quantitative estimate of drug-likeness (QED) is 0.0745. The normalized spacial score (nSPS) is 11.6. The maximum absolute atomic E-state index is 13.4. The van der Waals surface area contributed by atoms with Gasteiger partial charge in [0.15, 0.2) is 0 Å². The first kappa shape index (κ1) is 55.4. The summed E-state index contributed by atoms with van der Waals surface area (Å²) in [6, 6.07) is 8.09. The van der Waals surface area contributed by atoms with Crippen LogP contribution in [0.1, 0.15) is 0 Å². The molecule has 0 amide bonds. The van der Waals surface area contributed by atoms with Gasteiger partial charge < -0.3 is 39.1 Å². The topological polar surface area (TPSA) is 362 Å². The smallest absolute Gasteiger partial charge is 0.871 e. The molecule has 0 aliphatic carbocycles. The average Bonchev–Trinajstić information content (AvgIpc) is 2.99. The van der Waals surface area contributed by atoms with Gasteiger partial charge in [0.05, 0.1) is 36.6 Å². The maximum Gasteiger partial charge on any atom is 2.00 e. The summed E-state index contributed by atoms with van der Waals surface area (Å²) in [5, 5.41) is 35.1. The Kier molecular flexibility index (Phi) is 21.0. The molecule has 0 atom stereocenters. The number of fused-ring (bicyclic) bond motifs is 1. The van der Waals surface area contributed by atoms with E-state index in [9.17, 15) is 62.1 Å².